The van der Waals surface area contributed by atoms with Crippen molar-refractivity contribution in [1.29, 1.82) is 0 Å². The number of benzene rings is 2. The van der Waals surface area contributed by atoms with Gasteiger partial charge in [0.2, 0.25) is 0 Å². The smallest absolute Gasteiger partial charge is 0.269 e. The summed E-state index contributed by atoms with van der Waals surface area (Å²) in [5.41, 5.74) is 4.81. The zero-order valence-electron chi connectivity index (χ0n) is 14.5. The summed E-state index contributed by atoms with van der Waals surface area (Å²) in [5, 5.41) is 0.806. The molecule has 0 spiro atoms. The lowest BCUT2D eigenvalue weighted by Crippen LogP contribution is -2.23. The van der Waals surface area contributed by atoms with E-state index in [0.717, 1.165) is 16.5 Å². The summed E-state index contributed by atoms with van der Waals surface area (Å²) >= 11 is 0. The van der Waals surface area contributed by atoms with Gasteiger partial charge in [-0.05, 0) is 31.5 Å². The van der Waals surface area contributed by atoms with Gasteiger partial charge in [-0.1, -0.05) is 60.7 Å². The van der Waals surface area contributed by atoms with Crippen molar-refractivity contribution < 1.29 is 9.63 Å². The van der Waals surface area contributed by atoms with Crippen molar-refractivity contribution >= 4 is 16.8 Å². The van der Waals surface area contributed by atoms with Gasteiger partial charge in [-0.25, -0.2) is 5.48 Å². The Kier molecular flexibility index (Phi) is 7.35. The van der Waals surface area contributed by atoms with E-state index < -0.39 is 0 Å². The Bertz CT molecular complexity index is 820. The summed E-state index contributed by atoms with van der Waals surface area (Å²) in [6.07, 6.45) is 5.62. The molecule has 1 heterocycles. The molecule has 1 aromatic heterocycles. The second-order valence-electron chi connectivity index (χ2n) is 5.25. The topological polar surface area (TPSA) is 51.2 Å². The summed E-state index contributed by atoms with van der Waals surface area (Å²) in [4.78, 5) is 21.7. The van der Waals surface area contributed by atoms with Crippen molar-refractivity contribution in [2.75, 3.05) is 0 Å². The summed E-state index contributed by atoms with van der Waals surface area (Å²) in [6.45, 7) is 4.33. The number of carbonyl (C=O) groups excluding carboxylic acids is 1. The predicted molar refractivity (Wildman–Crippen MR) is 101 cm³/mol. The number of fused-ring (bicyclic) bond motifs is 1. The third kappa shape index (κ3) is 5.55. The van der Waals surface area contributed by atoms with Crippen molar-refractivity contribution in [2.45, 2.75) is 20.5 Å². The maximum atomic E-state index is 12.2. The lowest BCUT2D eigenvalue weighted by Gasteiger charge is -2.08. The second-order valence-corrected chi connectivity index (χ2v) is 5.25. The number of nitrogens with one attached hydrogen (secondary N) is 1. The summed E-state index contributed by atoms with van der Waals surface area (Å²) in [7, 11) is 0. The van der Waals surface area contributed by atoms with Gasteiger partial charge in [-0.15, -0.1) is 0 Å². The largest absolute Gasteiger partial charge is 0.275 e. The highest BCUT2D eigenvalue weighted by atomic mass is 16.6. The van der Waals surface area contributed by atoms with Crippen molar-refractivity contribution in [3.8, 4) is 0 Å². The number of amides is 1. The fourth-order valence-electron chi connectivity index (χ4n) is 2.11. The molecule has 0 bridgehead atoms. The molecular formula is C21H22N2O2. The van der Waals surface area contributed by atoms with Crippen molar-refractivity contribution in [1.82, 2.24) is 10.5 Å². The predicted octanol–water partition coefficient (Wildman–Crippen LogP) is 4.68. The molecule has 0 unspecified atom stereocenters. The molecule has 1 N–H and O–H groups in total. The Labute approximate surface area is 148 Å². The average Bonchev–Trinajstić information content (AvgIpc) is 2.68. The molecule has 0 atom stereocenters. The van der Waals surface area contributed by atoms with E-state index in [1.165, 1.54) is 0 Å². The van der Waals surface area contributed by atoms with Crippen LogP contribution in [-0.4, -0.2) is 10.9 Å². The first kappa shape index (κ1) is 18.4. The van der Waals surface area contributed by atoms with Gasteiger partial charge in [0.15, 0.2) is 0 Å². The van der Waals surface area contributed by atoms with E-state index in [2.05, 4.69) is 10.5 Å². The molecule has 0 saturated heterocycles. The molecule has 4 heteroatoms. The molecule has 0 radical (unpaired) electrons. The van der Waals surface area contributed by atoms with Crippen LogP contribution in [0.3, 0.4) is 0 Å². The molecule has 0 aliphatic rings. The molecule has 0 aliphatic carbocycles. The lowest BCUT2D eigenvalue weighted by molar-refractivity contribution is 0.0235. The van der Waals surface area contributed by atoms with Crippen LogP contribution in [0.4, 0.5) is 0 Å². The van der Waals surface area contributed by atoms with Crippen LogP contribution < -0.4 is 5.48 Å². The van der Waals surface area contributed by atoms with Gasteiger partial charge >= 0.3 is 0 Å². The molecule has 0 aliphatic heterocycles. The molecule has 128 valence electrons. The Morgan fingerprint density at radius 3 is 2.40 bits per heavy atom. The Balaban J connectivity index is 0.000000511. The molecule has 0 fully saturated rings. The SMILES string of the molecule is C/C=C\C.O=C(NOCc1ccccc1)c1ccnc2ccccc12. The summed E-state index contributed by atoms with van der Waals surface area (Å²) < 4.78 is 0. The van der Waals surface area contributed by atoms with Gasteiger partial charge in [0.25, 0.3) is 5.91 Å². The zero-order chi connectivity index (χ0) is 17.9. The highest BCUT2D eigenvalue weighted by Crippen LogP contribution is 2.15. The Hall–Kier alpha value is -2.98. The first-order valence-electron chi connectivity index (χ1n) is 8.13. The Morgan fingerprint density at radius 2 is 1.68 bits per heavy atom. The highest BCUT2D eigenvalue weighted by molar-refractivity contribution is 6.05. The van der Waals surface area contributed by atoms with E-state index in [1.54, 1.807) is 12.3 Å². The number of rotatable bonds is 4. The standard InChI is InChI=1S/C17H14N2O2.C4H8/c20-17(19-21-12-13-6-2-1-3-7-13)15-10-11-18-16-9-5-4-8-14(15)16;1-3-4-2/h1-11H,12H2,(H,19,20);3-4H,1-2H3/b;4-3-. The van der Waals surface area contributed by atoms with Gasteiger partial charge in [0.1, 0.15) is 0 Å². The first-order valence-corrected chi connectivity index (χ1v) is 8.13. The van der Waals surface area contributed by atoms with Gasteiger partial charge in [0, 0.05) is 11.6 Å². The van der Waals surface area contributed by atoms with E-state index >= 15 is 0 Å². The molecule has 2 aromatic carbocycles. The molecule has 4 nitrogen and oxygen atoms in total. The van der Waals surface area contributed by atoms with Crippen molar-refractivity contribution in [3.63, 3.8) is 0 Å². The van der Waals surface area contributed by atoms with Crippen LogP contribution in [0.1, 0.15) is 29.8 Å². The first-order chi connectivity index (χ1) is 12.3. The fraction of sp³-hybridized carbons (Fsp3) is 0.143. The average molecular weight is 334 g/mol. The van der Waals surface area contributed by atoms with Gasteiger partial charge in [-0.3, -0.25) is 14.6 Å². The lowest BCUT2D eigenvalue weighted by atomic mass is 10.1. The number of hydrogen-bond acceptors (Lipinski definition) is 3. The van der Waals surface area contributed by atoms with E-state index in [9.17, 15) is 4.79 Å². The van der Waals surface area contributed by atoms with E-state index in [0.29, 0.717) is 12.2 Å². The second kappa shape index (κ2) is 10.0. The molecule has 0 saturated carbocycles. The minimum absolute atomic E-state index is 0.274. The minimum Gasteiger partial charge on any atom is -0.269 e. The van der Waals surface area contributed by atoms with Gasteiger partial charge < -0.3 is 0 Å². The van der Waals surface area contributed by atoms with Gasteiger partial charge in [-0.2, -0.15) is 0 Å². The number of pyridine rings is 1. The maximum Gasteiger partial charge on any atom is 0.275 e. The third-order valence-electron chi connectivity index (χ3n) is 3.47. The molecule has 1 amide bonds. The summed E-state index contributed by atoms with van der Waals surface area (Å²) in [5.74, 6) is -0.274. The minimum atomic E-state index is -0.274. The van der Waals surface area contributed by atoms with E-state index in [1.807, 2.05) is 80.6 Å². The van der Waals surface area contributed by atoms with Crippen LogP contribution in [0.25, 0.3) is 10.9 Å². The highest BCUT2D eigenvalue weighted by Gasteiger charge is 2.10. The number of carbonyl (C=O) groups is 1. The quantitative estimate of drug-likeness (QED) is 0.557. The third-order valence-corrected chi connectivity index (χ3v) is 3.47. The molecule has 3 aromatic rings. The number of allylic oxidation sites excluding steroid dienone is 2. The van der Waals surface area contributed by atoms with Crippen LogP contribution >= 0.6 is 0 Å². The monoisotopic (exact) mass is 334 g/mol. The van der Waals surface area contributed by atoms with Crippen molar-refractivity contribution in [2.24, 2.45) is 0 Å². The van der Waals surface area contributed by atoms with Crippen molar-refractivity contribution in [3.05, 3.63) is 90.1 Å². The van der Waals surface area contributed by atoms with Gasteiger partial charge in [0.05, 0.1) is 17.7 Å². The van der Waals surface area contributed by atoms with Crippen LogP contribution in [0, 0.1) is 0 Å². The summed E-state index contributed by atoms with van der Waals surface area (Å²) in [6, 6.07) is 18.9. The Morgan fingerprint density at radius 1 is 1.00 bits per heavy atom. The number of hydroxylamine groups is 1. The van der Waals surface area contributed by atoms with Crippen LogP contribution in [0.15, 0.2) is 79.0 Å². The fourth-order valence-corrected chi connectivity index (χ4v) is 2.11. The zero-order valence-corrected chi connectivity index (χ0v) is 14.5. The molecule has 3 rings (SSSR count). The number of aromatic nitrogens is 1. The molecular weight excluding hydrogens is 312 g/mol. The number of hydrogen-bond donors (Lipinski definition) is 1. The maximum absolute atomic E-state index is 12.2. The van der Waals surface area contributed by atoms with E-state index in [-0.39, 0.29) is 5.91 Å². The normalized spacial score (nSPS) is 10.3. The van der Waals surface area contributed by atoms with Crippen LogP contribution in [-0.2, 0) is 11.4 Å². The number of para-hydroxylation sites is 1. The van der Waals surface area contributed by atoms with Crippen LogP contribution in [0.2, 0.25) is 0 Å². The van der Waals surface area contributed by atoms with Crippen LogP contribution in [0.5, 0.6) is 0 Å². The molecule has 25 heavy (non-hydrogen) atoms. The van der Waals surface area contributed by atoms with E-state index in [4.69, 9.17) is 4.84 Å². The number of nitrogens with zero attached hydrogens (tertiary/aromatic N) is 1.